The molecular weight excluding hydrogens is 507 g/mol. The molecule has 3 aromatic rings. The summed E-state index contributed by atoms with van der Waals surface area (Å²) in [6, 6.07) is 11.1. The summed E-state index contributed by atoms with van der Waals surface area (Å²) in [6.45, 7) is 1.31. The highest BCUT2D eigenvalue weighted by Crippen LogP contribution is 2.35. The van der Waals surface area contributed by atoms with Crippen LogP contribution in [0, 0.1) is 3.57 Å². The average Bonchev–Trinajstić information content (AvgIpc) is 3.06. The maximum Gasteiger partial charge on any atom is 0.307 e. The van der Waals surface area contributed by atoms with Gasteiger partial charge in [-0.05, 0) is 34.7 Å². The summed E-state index contributed by atoms with van der Waals surface area (Å²) in [6.07, 6.45) is 0.168. The number of hydrogen-bond donors (Lipinski definition) is 0. The van der Waals surface area contributed by atoms with Gasteiger partial charge < -0.3 is 18.8 Å². The first-order chi connectivity index (χ1) is 14.1. The van der Waals surface area contributed by atoms with Crippen LogP contribution in [0.2, 0.25) is 0 Å². The van der Waals surface area contributed by atoms with Crippen molar-refractivity contribution >= 4 is 56.0 Å². The molecule has 0 radical (unpaired) electrons. The number of nitrogens with zero attached hydrogens (tertiary/aromatic N) is 2. The lowest BCUT2D eigenvalue weighted by Crippen LogP contribution is -2.20. The van der Waals surface area contributed by atoms with Crippen molar-refractivity contribution in [2.24, 2.45) is 4.99 Å². The molecule has 0 N–H and O–H groups in total. The van der Waals surface area contributed by atoms with Gasteiger partial charge >= 0.3 is 5.97 Å². The molecule has 0 fully saturated rings. The Kier molecular flexibility index (Phi) is 5.86. The number of rotatable bonds is 4. The van der Waals surface area contributed by atoms with Crippen molar-refractivity contribution in [1.29, 1.82) is 0 Å². The van der Waals surface area contributed by atoms with Crippen LogP contribution in [0.5, 0.6) is 11.5 Å². The average molecular weight is 524 g/mol. The monoisotopic (exact) mass is 524 g/mol. The van der Waals surface area contributed by atoms with Gasteiger partial charge in [0.05, 0.1) is 29.3 Å². The second-order valence-corrected chi connectivity index (χ2v) is 8.39. The van der Waals surface area contributed by atoms with Crippen molar-refractivity contribution < 1.29 is 23.8 Å². The van der Waals surface area contributed by atoms with Gasteiger partial charge in [-0.3, -0.25) is 9.59 Å². The summed E-state index contributed by atoms with van der Waals surface area (Å²) in [4.78, 5) is 29.4. The lowest BCUT2D eigenvalue weighted by Gasteiger charge is -2.18. The van der Waals surface area contributed by atoms with Crippen LogP contribution in [0.25, 0.3) is 10.2 Å². The minimum atomic E-state index is -0.329. The summed E-state index contributed by atoms with van der Waals surface area (Å²) in [5.74, 6) is 0.652. The second-order valence-electron chi connectivity index (χ2n) is 6.22. The normalized spacial score (nSPS) is 13.5. The molecule has 9 heteroatoms. The number of thiazole rings is 1. The Morgan fingerprint density at radius 3 is 2.66 bits per heavy atom. The lowest BCUT2D eigenvalue weighted by molar-refractivity contribution is -0.140. The molecule has 0 unspecified atom stereocenters. The van der Waals surface area contributed by atoms with E-state index < -0.39 is 0 Å². The molecule has 1 amide bonds. The number of methoxy groups -OCH3 is 1. The molecule has 1 aromatic heterocycles. The van der Waals surface area contributed by atoms with E-state index in [0.717, 1.165) is 13.8 Å². The number of fused-ring (bicyclic) bond motifs is 2. The predicted molar refractivity (Wildman–Crippen MR) is 116 cm³/mol. The number of hydrogen-bond acceptors (Lipinski definition) is 6. The number of aryl methyl sites for hydroxylation is 1. The van der Waals surface area contributed by atoms with Crippen LogP contribution in [0.15, 0.2) is 41.4 Å². The fourth-order valence-corrected chi connectivity index (χ4v) is 4.68. The van der Waals surface area contributed by atoms with Gasteiger partial charge in [-0.1, -0.05) is 23.5 Å². The smallest absolute Gasteiger partial charge is 0.307 e. The first-order valence-electron chi connectivity index (χ1n) is 8.90. The lowest BCUT2D eigenvalue weighted by atomic mass is 10.2. The minimum absolute atomic E-state index is 0.168. The van der Waals surface area contributed by atoms with E-state index in [1.165, 1.54) is 18.4 Å². The molecule has 1 aliphatic heterocycles. The van der Waals surface area contributed by atoms with Crippen LogP contribution >= 0.6 is 33.9 Å². The van der Waals surface area contributed by atoms with Crippen LogP contribution in [-0.2, 0) is 16.1 Å². The van der Waals surface area contributed by atoms with Gasteiger partial charge in [0.25, 0.3) is 5.91 Å². The zero-order valence-corrected chi connectivity index (χ0v) is 18.5. The molecule has 2 aromatic carbocycles. The standard InChI is InChI=1S/C20H17IN2O5S/c1-26-18(24)6-7-23-14-10-15-16(28-9-8-27-15)11-17(14)29-20(23)22-19(25)12-4-2-3-5-13(12)21/h2-5,10-11H,6-9H2,1H3. The van der Waals surface area contributed by atoms with Crippen molar-refractivity contribution in [3.05, 3.63) is 50.3 Å². The fourth-order valence-electron chi connectivity index (χ4n) is 2.99. The SMILES string of the molecule is COC(=O)CCn1c(=NC(=O)c2ccccc2I)sc2cc3c(cc21)OCCO3. The third kappa shape index (κ3) is 4.15. The van der Waals surface area contributed by atoms with Gasteiger partial charge in [0.15, 0.2) is 16.3 Å². The minimum Gasteiger partial charge on any atom is -0.486 e. The molecule has 0 bridgehead atoms. The number of esters is 1. The van der Waals surface area contributed by atoms with Crippen molar-refractivity contribution in [3.8, 4) is 11.5 Å². The van der Waals surface area contributed by atoms with E-state index in [4.69, 9.17) is 14.2 Å². The molecule has 0 saturated heterocycles. The van der Waals surface area contributed by atoms with Gasteiger partial charge in [-0.25, -0.2) is 0 Å². The molecule has 1 aliphatic rings. The summed E-state index contributed by atoms with van der Waals surface area (Å²) < 4.78 is 19.7. The Labute approximate surface area is 184 Å². The van der Waals surface area contributed by atoms with E-state index in [1.807, 2.05) is 34.9 Å². The quantitative estimate of drug-likeness (QED) is 0.387. The number of halogens is 1. The molecule has 0 saturated carbocycles. The number of amides is 1. The van der Waals surface area contributed by atoms with E-state index in [-0.39, 0.29) is 18.3 Å². The summed E-state index contributed by atoms with van der Waals surface area (Å²) in [7, 11) is 1.35. The Hall–Kier alpha value is -2.40. The highest BCUT2D eigenvalue weighted by Gasteiger charge is 2.18. The molecule has 0 spiro atoms. The van der Waals surface area contributed by atoms with Crippen molar-refractivity contribution in [3.63, 3.8) is 0 Å². The van der Waals surface area contributed by atoms with Crippen LogP contribution < -0.4 is 14.3 Å². The topological polar surface area (TPSA) is 79.1 Å². The van der Waals surface area contributed by atoms with E-state index in [1.54, 1.807) is 6.07 Å². The van der Waals surface area contributed by atoms with Crippen LogP contribution in [0.1, 0.15) is 16.8 Å². The Bertz CT molecular complexity index is 1170. The van der Waals surface area contributed by atoms with E-state index in [2.05, 4.69) is 27.6 Å². The summed E-state index contributed by atoms with van der Waals surface area (Å²) >= 11 is 3.49. The van der Waals surface area contributed by atoms with Gasteiger partial charge in [0.1, 0.15) is 13.2 Å². The van der Waals surface area contributed by atoms with Gasteiger partial charge in [-0.2, -0.15) is 4.99 Å². The predicted octanol–water partition coefficient (Wildman–Crippen LogP) is 3.38. The zero-order chi connectivity index (χ0) is 20.4. The molecule has 7 nitrogen and oxygen atoms in total. The Morgan fingerprint density at radius 1 is 1.21 bits per heavy atom. The fraction of sp³-hybridized carbons (Fsp3) is 0.250. The molecular formula is C20H17IN2O5S. The molecule has 0 atom stereocenters. The van der Waals surface area contributed by atoms with E-state index >= 15 is 0 Å². The van der Waals surface area contributed by atoms with Crippen LogP contribution in [0.4, 0.5) is 0 Å². The summed E-state index contributed by atoms with van der Waals surface area (Å²) in [5, 5.41) is 0. The number of aromatic nitrogens is 1. The maximum atomic E-state index is 12.8. The number of ether oxygens (including phenoxy) is 3. The Morgan fingerprint density at radius 2 is 1.93 bits per heavy atom. The molecule has 4 rings (SSSR count). The summed E-state index contributed by atoms with van der Waals surface area (Å²) in [5.41, 5.74) is 1.37. The Balaban J connectivity index is 1.83. The van der Waals surface area contributed by atoms with E-state index in [0.29, 0.717) is 41.6 Å². The van der Waals surface area contributed by atoms with Crippen LogP contribution in [0.3, 0.4) is 0 Å². The van der Waals surface area contributed by atoms with Gasteiger partial charge in [-0.15, -0.1) is 0 Å². The van der Waals surface area contributed by atoms with Crippen molar-refractivity contribution in [2.75, 3.05) is 20.3 Å². The zero-order valence-electron chi connectivity index (χ0n) is 15.5. The third-order valence-electron chi connectivity index (χ3n) is 4.42. The van der Waals surface area contributed by atoms with Crippen LogP contribution in [-0.4, -0.2) is 36.8 Å². The van der Waals surface area contributed by atoms with Crippen molar-refractivity contribution in [2.45, 2.75) is 13.0 Å². The number of carbonyl (C=O) groups excluding carboxylic acids is 2. The third-order valence-corrected chi connectivity index (χ3v) is 6.40. The molecule has 29 heavy (non-hydrogen) atoms. The van der Waals surface area contributed by atoms with E-state index in [9.17, 15) is 9.59 Å². The highest BCUT2D eigenvalue weighted by atomic mass is 127. The van der Waals surface area contributed by atoms with Gasteiger partial charge in [0, 0.05) is 22.2 Å². The maximum absolute atomic E-state index is 12.8. The molecule has 2 heterocycles. The number of benzene rings is 2. The first-order valence-corrected chi connectivity index (χ1v) is 10.8. The second kappa shape index (κ2) is 8.54. The number of carbonyl (C=O) groups is 2. The largest absolute Gasteiger partial charge is 0.486 e. The van der Waals surface area contributed by atoms with Gasteiger partial charge in [0.2, 0.25) is 0 Å². The highest BCUT2D eigenvalue weighted by molar-refractivity contribution is 14.1. The molecule has 150 valence electrons. The first kappa shape index (κ1) is 19.9. The van der Waals surface area contributed by atoms with Crippen molar-refractivity contribution in [1.82, 2.24) is 4.57 Å². The molecule has 0 aliphatic carbocycles.